The highest BCUT2D eigenvalue weighted by Gasteiger charge is 2.37. The van der Waals surface area contributed by atoms with E-state index in [0.29, 0.717) is 12.8 Å². The van der Waals surface area contributed by atoms with Gasteiger partial charge in [-0.3, -0.25) is 9.59 Å². The normalized spacial score (nSPS) is 26.1. The predicted octanol–water partition coefficient (Wildman–Crippen LogP) is 2.12. The Morgan fingerprint density at radius 1 is 1.31 bits per heavy atom. The van der Waals surface area contributed by atoms with Gasteiger partial charge in [0.1, 0.15) is 5.76 Å². The van der Waals surface area contributed by atoms with Crippen molar-refractivity contribution >= 4 is 23.3 Å². The Hall–Kier alpha value is -0.770. The molecular formula is C12H16O3S. The van der Waals surface area contributed by atoms with Crippen LogP contribution in [-0.4, -0.2) is 28.7 Å². The van der Waals surface area contributed by atoms with Crippen LogP contribution in [0, 0.1) is 11.8 Å². The second-order valence-corrected chi connectivity index (χ2v) is 5.52. The third-order valence-electron chi connectivity index (χ3n) is 3.13. The Morgan fingerprint density at radius 2 is 1.88 bits per heavy atom. The fourth-order valence-electron chi connectivity index (χ4n) is 2.16. The van der Waals surface area contributed by atoms with Gasteiger partial charge in [-0.1, -0.05) is 0 Å². The van der Waals surface area contributed by atoms with Gasteiger partial charge >= 0.3 is 0 Å². The zero-order valence-corrected chi connectivity index (χ0v) is 10.2. The lowest BCUT2D eigenvalue weighted by atomic mass is 9.83. The summed E-state index contributed by atoms with van der Waals surface area (Å²) < 4.78 is 0. The number of hydrogen-bond donors (Lipinski definition) is 1. The number of aliphatic hydroxyl groups is 1. The van der Waals surface area contributed by atoms with Crippen LogP contribution >= 0.6 is 11.8 Å². The van der Waals surface area contributed by atoms with Crippen molar-refractivity contribution < 1.29 is 14.7 Å². The molecule has 0 aromatic carbocycles. The molecule has 16 heavy (non-hydrogen) atoms. The van der Waals surface area contributed by atoms with Crippen LogP contribution < -0.4 is 0 Å². The van der Waals surface area contributed by atoms with Crippen molar-refractivity contribution in [2.75, 3.05) is 12.0 Å². The molecule has 3 nitrogen and oxygen atoms in total. The minimum atomic E-state index is -0.153. The first kappa shape index (κ1) is 11.7. The lowest BCUT2D eigenvalue weighted by Crippen LogP contribution is -2.28. The van der Waals surface area contributed by atoms with E-state index in [2.05, 4.69) is 0 Å². The summed E-state index contributed by atoms with van der Waals surface area (Å²) in [4.78, 5) is 23.6. The highest BCUT2D eigenvalue weighted by Crippen LogP contribution is 2.38. The number of carbonyl (C=O) groups is 2. The third-order valence-corrected chi connectivity index (χ3v) is 3.93. The summed E-state index contributed by atoms with van der Waals surface area (Å²) >= 11 is 1.66. The molecule has 0 saturated heterocycles. The van der Waals surface area contributed by atoms with Crippen LogP contribution in [0.3, 0.4) is 0 Å². The van der Waals surface area contributed by atoms with Gasteiger partial charge in [0.05, 0.1) is 5.57 Å². The SMILES string of the molecule is CSCC1CC(=O)C(=C(O)C2CC2)C(=O)C1. The van der Waals surface area contributed by atoms with Crippen molar-refractivity contribution in [1.82, 2.24) is 0 Å². The molecule has 2 aliphatic rings. The molecule has 0 bridgehead atoms. The zero-order chi connectivity index (χ0) is 11.7. The Labute approximate surface area is 99.3 Å². The van der Waals surface area contributed by atoms with Gasteiger partial charge in [-0.05, 0) is 30.8 Å². The summed E-state index contributed by atoms with van der Waals surface area (Å²) in [7, 11) is 0. The molecular weight excluding hydrogens is 224 g/mol. The van der Waals surface area contributed by atoms with Crippen molar-refractivity contribution in [1.29, 1.82) is 0 Å². The van der Waals surface area contributed by atoms with E-state index < -0.39 is 0 Å². The molecule has 0 heterocycles. The van der Waals surface area contributed by atoms with Gasteiger partial charge < -0.3 is 5.11 Å². The number of carbonyl (C=O) groups excluding carboxylic acids is 2. The van der Waals surface area contributed by atoms with E-state index in [0.717, 1.165) is 18.6 Å². The molecule has 0 unspecified atom stereocenters. The lowest BCUT2D eigenvalue weighted by molar-refractivity contribution is -0.125. The van der Waals surface area contributed by atoms with Crippen molar-refractivity contribution in [2.24, 2.45) is 11.8 Å². The average Bonchev–Trinajstić information content (AvgIpc) is 2.99. The number of hydrogen-bond acceptors (Lipinski definition) is 4. The van der Waals surface area contributed by atoms with Gasteiger partial charge in [0.25, 0.3) is 0 Å². The molecule has 0 aromatic rings. The second kappa shape index (κ2) is 4.62. The highest BCUT2D eigenvalue weighted by molar-refractivity contribution is 7.98. The molecule has 2 rings (SSSR count). The molecule has 0 radical (unpaired) electrons. The number of ketones is 2. The fourth-order valence-corrected chi connectivity index (χ4v) is 2.86. The van der Waals surface area contributed by atoms with Crippen LogP contribution in [0.2, 0.25) is 0 Å². The number of thioether (sulfide) groups is 1. The summed E-state index contributed by atoms with van der Waals surface area (Å²) in [5, 5.41) is 9.80. The maximum atomic E-state index is 11.8. The van der Waals surface area contributed by atoms with Crippen molar-refractivity contribution in [3.05, 3.63) is 11.3 Å². The molecule has 0 aliphatic heterocycles. The third kappa shape index (κ3) is 2.32. The van der Waals surface area contributed by atoms with E-state index in [-0.39, 0.29) is 34.7 Å². The van der Waals surface area contributed by atoms with Crippen LogP contribution in [0.4, 0.5) is 0 Å². The van der Waals surface area contributed by atoms with Crippen LogP contribution in [0.5, 0.6) is 0 Å². The lowest BCUT2D eigenvalue weighted by Gasteiger charge is -2.21. The summed E-state index contributed by atoms with van der Waals surface area (Å²) in [6, 6.07) is 0. The summed E-state index contributed by atoms with van der Waals surface area (Å²) in [6.07, 6.45) is 4.62. The molecule has 0 spiro atoms. The molecule has 4 heteroatoms. The molecule has 0 atom stereocenters. The van der Waals surface area contributed by atoms with Gasteiger partial charge in [-0.15, -0.1) is 0 Å². The smallest absolute Gasteiger partial charge is 0.170 e. The van der Waals surface area contributed by atoms with Crippen molar-refractivity contribution in [2.45, 2.75) is 25.7 Å². The second-order valence-electron chi connectivity index (χ2n) is 4.61. The van der Waals surface area contributed by atoms with E-state index in [9.17, 15) is 14.7 Å². The number of rotatable bonds is 3. The number of aliphatic hydroxyl groups excluding tert-OH is 1. The van der Waals surface area contributed by atoms with Crippen LogP contribution in [0.25, 0.3) is 0 Å². The Bertz CT molecular complexity index is 335. The van der Waals surface area contributed by atoms with E-state index in [1.807, 2.05) is 6.26 Å². The first-order chi connectivity index (χ1) is 7.63. The molecule has 88 valence electrons. The van der Waals surface area contributed by atoms with Crippen LogP contribution in [0.1, 0.15) is 25.7 Å². The number of allylic oxidation sites excluding steroid dienone is 2. The summed E-state index contributed by atoms with van der Waals surface area (Å²) in [5.41, 5.74) is 0.111. The maximum absolute atomic E-state index is 11.8. The quantitative estimate of drug-likeness (QED) is 0.466. The first-order valence-electron chi connectivity index (χ1n) is 5.62. The Balaban J connectivity index is 2.14. The van der Waals surface area contributed by atoms with Crippen molar-refractivity contribution in [3.63, 3.8) is 0 Å². The highest BCUT2D eigenvalue weighted by atomic mass is 32.2. The van der Waals surface area contributed by atoms with E-state index in [1.54, 1.807) is 11.8 Å². The Morgan fingerprint density at radius 3 is 2.31 bits per heavy atom. The monoisotopic (exact) mass is 240 g/mol. The molecule has 2 saturated carbocycles. The van der Waals surface area contributed by atoms with Gasteiger partial charge in [0, 0.05) is 18.8 Å². The summed E-state index contributed by atoms with van der Waals surface area (Å²) in [5.74, 6) is 0.845. The molecule has 0 amide bonds. The van der Waals surface area contributed by atoms with E-state index >= 15 is 0 Å². The fraction of sp³-hybridized carbons (Fsp3) is 0.667. The minimum absolute atomic E-state index is 0.0672. The largest absolute Gasteiger partial charge is 0.511 e. The zero-order valence-electron chi connectivity index (χ0n) is 9.36. The maximum Gasteiger partial charge on any atom is 0.170 e. The van der Waals surface area contributed by atoms with E-state index in [1.165, 1.54) is 0 Å². The minimum Gasteiger partial charge on any atom is -0.511 e. The van der Waals surface area contributed by atoms with Crippen LogP contribution in [0.15, 0.2) is 11.3 Å². The molecule has 2 fully saturated rings. The van der Waals surface area contributed by atoms with Gasteiger partial charge in [-0.2, -0.15) is 11.8 Å². The first-order valence-corrected chi connectivity index (χ1v) is 7.01. The standard InChI is InChI=1S/C12H16O3S/c1-16-6-7-4-9(13)11(10(14)5-7)12(15)8-2-3-8/h7-8,15H,2-6H2,1H3. The predicted molar refractivity (Wildman–Crippen MR) is 63.5 cm³/mol. The van der Waals surface area contributed by atoms with Gasteiger partial charge in [0.2, 0.25) is 0 Å². The summed E-state index contributed by atoms with van der Waals surface area (Å²) in [6.45, 7) is 0. The molecule has 1 N–H and O–H groups in total. The number of Topliss-reactive ketones (excluding diaryl/α,β-unsaturated/α-hetero) is 2. The Kier molecular flexibility index (Phi) is 3.38. The van der Waals surface area contributed by atoms with Gasteiger partial charge in [-0.25, -0.2) is 0 Å². The van der Waals surface area contributed by atoms with E-state index in [4.69, 9.17) is 0 Å². The molecule has 0 aromatic heterocycles. The van der Waals surface area contributed by atoms with Crippen molar-refractivity contribution in [3.8, 4) is 0 Å². The average molecular weight is 240 g/mol. The van der Waals surface area contributed by atoms with Crippen LogP contribution in [-0.2, 0) is 9.59 Å². The topological polar surface area (TPSA) is 54.4 Å². The molecule has 2 aliphatic carbocycles. The van der Waals surface area contributed by atoms with Gasteiger partial charge in [0.15, 0.2) is 11.6 Å².